The second-order valence-corrected chi connectivity index (χ2v) is 13.7. The van der Waals surface area contributed by atoms with E-state index in [0.717, 1.165) is 100 Å². The molecular formula is C50H33N5. The minimum Gasteiger partial charge on any atom is -0.247 e. The van der Waals surface area contributed by atoms with Crippen LogP contribution in [0, 0.1) is 6.92 Å². The molecule has 0 atom stereocenters. The second-order valence-electron chi connectivity index (χ2n) is 13.7. The molecule has 0 saturated carbocycles. The van der Waals surface area contributed by atoms with Crippen LogP contribution in [0.2, 0.25) is 0 Å². The molecule has 0 aliphatic heterocycles. The van der Waals surface area contributed by atoms with E-state index in [0.29, 0.717) is 5.82 Å². The van der Waals surface area contributed by atoms with Crippen molar-refractivity contribution in [3.8, 4) is 67.7 Å². The fraction of sp³-hybridized carbons (Fsp3) is 0.0200. The molecule has 0 radical (unpaired) electrons. The van der Waals surface area contributed by atoms with Crippen molar-refractivity contribution in [2.45, 2.75) is 6.92 Å². The van der Waals surface area contributed by atoms with Gasteiger partial charge in [0.15, 0.2) is 5.82 Å². The molecule has 0 amide bonds. The number of pyridine rings is 1. The van der Waals surface area contributed by atoms with Crippen LogP contribution in [-0.4, -0.2) is 24.9 Å². The van der Waals surface area contributed by atoms with E-state index >= 15 is 0 Å². The van der Waals surface area contributed by atoms with Crippen LogP contribution < -0.4 is 0 Å². The van der Waals surface area contributed by atoms with Crippen molar-refractivity contribution in [2.24, 2.45) is 0 Å². The summed E-state index contributed by atoms with van der Waals surface area (Å²) >= 11 is 0. The monoisotopic (exact) mass is 703 g/mol. The van der Waals surface area contributed by atoms with Gasteiger partial charge in [-0.15, -0.1) is 0 Å². The van der Waals surface area contributed by atoms with Gasteiger partial charge in [-0.1, -0.05) is 158 Å². The first-order valence-electron chi connectivity index (χ1n) is 18.4. The lowest BCUT2D eigenvalue weighted by molar-refractivity contribution is 1.18. The highest BCUT2D eigenvalue weighted by Crippen LogP contribution is 2.41. The van der Waals surface area contributed by atoms with Crippen molar-refractivity contribution in [3.05, 3.63) is 188 Å². The van der Waals surface area contributed by atoms with E-state index in [-0.39, 0.29) is 0 Å². The molecule has 0 aliphatic carbocycles. The minimum absolute atomic E-state index is 0.682. The van der Waals surface area contributed by atoms with E-state index in [9.17, 15) is 0 Å². The van der Waals surface area contributed by atoms with Crippen LogP contribution >= 0.6 is 0 Å². The first-order chi connectivity index (χ1) is 27.2. The van der Waals surface area contributed by atoms with Gasteiger partial charge in [0.1, 0.15) is 0 Å². The number of aryl methyl sites for hydroxylation is 1. The zero-order valence-corrected chi connectivity index (χ0v) is 30.1. The SMILES string of the molecule is Cc1cc2nc(-c3ccccc3)c(-c3ccccc3)nc2c2c1c(-c1cccc(-c3cc(-c4ccccc4)nc(-c4ccccc4)n3)c1)nc1ccccc12. The molecule has 55 heavy (non-hydrogen) atoms. The van der Waals surface area contributed by atoms with E-state index in [1.807, 2.05) is 66.7 Å². The maximum atomic E-state index is 5.51. The number of hydrogen-bond acceptors (Lipinski definition) is 5. The van der Waals surface area contributed by atoms with E-state index in [1.54, 1.807) is 0 Å². The first-order valence-corrected chi connectivity index (χ1v) is 18.4. The van der Waals surface area contributed by atoms with Gasteiger partial charge in [-0.25, -0.2) is 24.9 Å². The summed E-state index contributed by atoms with van der Waals surface area (Å²) in [5.41, 5.74) is 14.0. The normalized spacial score (nSPS) is 11.4. The molecule has 0 spiro atoms. The minimum atomic E-state index is 0.682. The molecule has 5 nitrogen and oxygen atoms in total. The Morgan fingerprint density at radius 2 is 0.836 bits per heavy atom. The fourth-order valence-electron chi connectivity index (χ4n) is 7.55. The van der Waals surface area contributed by atoms with Gasteiger partial charge in [0.25, 0.3) is 0 Å². The number of para-hydroxylation sites is 1. The highest BCUT2D eigenvalue weighted by atomic mass is 14.9. The average molecular weight is 704 g/mol. The van der Waals surface area contributed by atoms with Gasteiger partial charge in [0.05, 0.1) is 45.0 Å². The fourth-order valence-corrected chi connectivity index (χ4v) is 7.55. The third-order valence-electron chi connectivity index (χ3n) is 10.2. The van der Waals surface area contributed by atoms with Gasteiger partial charge in [-0.2, -0.15) is 0 Å². The van der Waals surface area contributed by atoms with Gasteiger partial charge in [0, 0.05) is 49.5 Å². The average Bonchev–Trinajstić information content (AvgIpc) is 3.26. The smallest absolute Gasteiger partial charge is 0.160 e. The van der Waals surface area contributed by atoms with E-state index in [1.165, 1.54) is 0 Å². The third kappa shape index (κ3) is 5.88. The third-order valence-corrected chi connectivity index (χ3v) is 10.2. The molecule has 0 fully saturated rings. The maximum absolute atomic E-state index is 5.51. The molecule has 0 aliphatic rings. The molecule has 0 N–H and O–H groups in total. The summed E-state index contributed by atoms with van der Waals surface area (Å²) in [6, 6.07) is 62.3. The highest BCUT2D eigenvalue weighted by molar-refractivity contribution is 6.22. The van der Waals surface area contributed by atoms with Crippen molar-refractivity contribution in [1.29, 1.82) is 0 Å². The largest absolute Gasteiger partial charge is 0.247 e. The van der Waals surface area contributed by atoms with Crippen LogP contribution in [0.5, 0.6) is 0 Å². The summed E-state index contributed by atoms with van der Waals surface area (Å²) in [5.74, 6) is 0.682. The van der Waals surface area contributed by atoms with Gasteiger partial charge in [-0.3, -0.25) is 0 Å². The Balaban J connectivity index is 1.22. The Hall–Kier alpha value is -7.37. The molecule has 10 aromatic rings. The Bertz CT molecular complexity index is 2960. The summed E-state index contributed by atoms with van der Waals surface area (Å²) in [7, 11) is 0. The van der Waals surface area contributed by atoms with Crippen molar-refractivity contribution in [1.82, 2.24) is 24.9 Å². The number of rotatable bonds is 6. The quantitative estimate of drug-likeness (QED) is 0.161. The zero-order valence-electron chi connectivity index (χ0n) is 30.1. The van der Waals surface area contributed by atoms with Crippen LogP contribution in [0.15, 0.2) is 182 Å². The molecule has 0 unspecified atom stereocenters. The predicted molar refractivity (Wildman–Crippen MR) is 225 cm³/mol. The molecule has 5 heteroatoms. The van der Waals surface area contributed by atoms with Crippen LogP contribution in [0.25, 0.3) is 100 Å². The summed E-state index contributed by atoms with van der Waals surface area (Å²) < 4.78 is 0. The summed E-state index contributed by atoms with van der Waals surface area (Å²) in [6.07, 6.45) is 0. The lowest BCUT2D eigenvalue weighted by Crippen LogP contribution is -1.99. The standard InChI is InChI=1S/C50H33N5/c1-32-29-43-49(55-48(35-21-10-4-11-22-35)47(52-43)34-19-8-3-9-20-34)45-39-27-14-15-28-40(39)51-46(44(32)45)38-26-16-25-37(30-38)42-31-41(33-17-6-2-7-18-33)53-50(54-42)36-23-12-5-13-24-36/h2-31H,1H3. The molecule has 258 valence electrons. The molecule has 10 rings (SSSR count). The Kier molecular flexibility index (Phi) is 7.96. The lowest BCUT2D eigenvalue weighted by atomic mass is 9.93. The highest BCUT2D eigenvalue weighted by Gasteiger charge is 2.21. The van der Waals surface area contributed by atoms with Gasteiger partial charge >= 0.3 is 0 Å². The van der Waals surface area contributed by atoms with E-state index < -0.39 is 0 Å². The number of fused-ring (bicyclic) bond motifs is 5. The lowest BCUT2D eigenvalue weighted by Gasteiger charge is -2.17. The van der Waals surface area contributed by atoms with Crippen LogP contribution in [-0.2, 0) is 0 Å². The van der Waals surface area contributed by atoms with Crippen molar-refractivity contribution >= 4 is 32.7 Å². The Morgan fingerprint density at radius 1 is 0.327 bits per heavy atom. The molecular weight excluding hydrogens is 671 g/mol. The molecule has 0 saturated heterocycles. The van der Waals surface area contributed by atoms with Crippen molar-refractivity contribution < 1.29 is 0 Å². The van der Waals surface area contributed by atoms with Crippen molar-refractivity contribution in [2.75, 3.05) is 0 Å². The predicted octanol–water partition coefficient (Wildman–Crippen LogP) is 12.4. The van der Waals surface area contributed by atoms with Crippen LogP contribution in [0.4, 0.5) is 0 Å². The Labute approximate surface area is 318 Å². The van der Waals surface area contributed by atoms with Gasteiger partial charge in [0.2, 0.25) is 0 Å². The Morgan fingerprint density at radius 3 is 1.51 bits per heavy atom. The van der Waals surface area contributed by atoms with Gasteiger partial charge < -0.3 is 0 Å². The number of benzene rings is 7. The number of aromatic nitrogens is 5. The number of hydrogen-bond donors (Lipinski definition) is 0. The maximum Gasteiger partial charge on any atom is 0.160 e. The molecule has 7 aromatic carbocycles. The van der Waals surface area contributed by atoms with E-state index in [2.05, 4.69) is 122 Å². The number of nitrogens with zero attached hydrogens (tertiary/aromatic N) is 5. The van der Waals surface area contributed by atoms with Crippen molar-refractivity contribution in [3.63, 3.8) is 0 Å². The molecule has 3 aromatic heterocycles. The molecule has 0 bridgehead atoms. The van der Waals surface area contributed by atoms with E-state index in [4.69, 9.17) is 24.9 Å². The second kappa shape index (κ2) is 13.6. The summed E-state index contributed by atoms with van der Waals surface area (Å²) in [6.45, 7) is 2.16. The topological polar surface area (TPSA) is 64.5 Å². The van der Waals surface area contributed by atoms with Crippen LogP contribution in [0.3, 0.4) is 0 Å². The zero-order chi connectivity index (χ0) is 36.7. The molecule has 3 heterocycles. The summed E-state index contributed by atoms with van der Waals surface area (Å²) in [5, 5.41) is 3.15. The summed E-state index contributed by atoms with van der Waals surface area (Å²) in [4.78, 5) is 26.4. The van der Waals surface area contributed by atoms with Crippen LogP contribution in [0.1, 0.15) is 5.56 Å². The first kappa shape index (κ1) is 32.3. The van der Waals surface area contributed by atoms with Gasteiger partial charge in [-0.05, 0) is 36.8 Å².